The van der Waals surface area contributed by atoms with Crippen LogP contribution in [0.1, 0.15) is 45.1 Å². The van der Waals surface area contributed by atoms with Crippen molar-refractivity contribution in [1.82, 2.24) is 0 Å². The Balaban J connectivity index is 1.92. The summed E-state index contributed by atoms with van der Waals surface area (Å²) in [4.78, 5) is 2.09. The molecular formula is C17H21FN2O. The minimum Gasteiger partial charge on any atom is -0.365 e. The van der Waals surface area contributed by atoms with E-state index in [4.69, 9.17) is 10.00 Å². The first-order chi connectivity index (χ1) is 9.93. The Bertz CT molecular complexity index is 585. The van der Waals surface area contributed by atoms with Crippen molar-refractivity contribution in [3.8, 4) is 6.07 Å². The Kier molecular flexibility index (Phi) is 3.41. The van der Waals surface area contributed by atoms with Crippen LogP contribution in [0.3, 0.4) is 0 Å². The molecule has 1 heterocycles. The van der Waals surface area contributed by atoms with Crippen molar-refractivity contribution in [2.24, 2.45) is 0 Å². The van der Waals surface area contributed by atoms with Crippen molar-refractivity contribution in [1.29, 1.82) is 5.26 Å². The minimum absolute atomic E-state index is 0.137. The van der Waals surface area contributed by atoms with Crippen LogP contribution in [-0.4, -0.2) is 24.3 Å². The maximum atomic E-state index is 14.3. The number of halogens is 1. The molecule has 3 nitrogen and oxygen atoms in total. The Morgan fingerprint density at radius 3 is 2.57 bits per heavy atom. The first-order valence-electron chi connectivity index (χ1n) is 7.58. The van der Waals surface area contributed by atoms with E-state index >= 15 is 0 Å². The van der Waals surface area contributed by atoms with Crippen LogP contribution < -0.4 is 4.90 Å². The van der Waals surface area contributed by atoms with Crippen LogP contribution in [-0.2, 0) is 4.74 Å². The molecule has 1 aromatic rings. The molecular weight excluding hydrogens is 267 g/mol. The second-order valence-electron chi connectivity index (χ2n) is 6.89. The maximum absolute atomic E-state index is 14.3. The maximum Gasteiger partial charge on any atom is 0.147 e. The van der Waals surface area contributed by atoms with E-state index < -0.39 is 0 Å². The van der Waals surface area contributed by atoms with Crippen molar-refractivity contribution >= 4 is 5.69 Å². The zero-order chi connectivity index (χ0) is 15.1. The third-order valence-electron chi connectivity index (χ3n) is 4.48. The number of morpholine rings is 1. The average Bonchev–Trinajstić information content (AvgIpc) is 2.83. The van der Waals surface area contributed by atoms with E-state index in [1.807, 2.05) is 6.07 Å². The Morgan fingerprint density at radius 2 is 1.95 bits per heavy atom. The monoisotopic (exact) mass is 288 g/mol. The topological polar surface area (TPSA) is 36.3 Å². The van der Waals surface area contributed by atoms with Gasteiger partial charge in [-0.2, -0.15) is 5.26 Å². The highest BCUT2D eigenvalue weighted by Crippen LogP contribution is 2.42. The molecule has 0 bridgehead atoms. The van der Waals surface area contributed by atoms with Gasteiger partial charge < -0.3 is 9.64 Å². The van der Waals surface area contributed by atoms with E-state index in [-0.39, 0.29) is 17.0 Å². The highest BCUT2D eigenvalue weighted by molar-refractivity contribution is 5.52. The van der Waals surface area contributed by atoms with Crippen molar-refractivity contribution in [3.63, 3.8) is 0 Å². The molecule has 0 radical (unpaired) electrons. The summed E-state index contributed by atoms with van der Waals surface area (Å²) in [7, 11) is 0. The van der Waals surface area contributed by atoms with Crippen LogP contribution in [0.4, 0.5) is 10.1 Å². The summed E-state index contributed by atoms with van der Waals surface area (Å²) in [6, 6.07) is 6.70. The molecule has 0 unspecified atom stereocenters. The standard InChI is InChI=1S/C17H21FN2O/c1-16(2)11-20(12-17(21-16)7-3-4-8-17)15-6-5-13(10-19)9-14(15)18/h5-6,9H,3-4,7-8,11-12H2,1-2H3. The van der Waals surface area contributed by atoms with Gasteiger partial charge in [-0.1, -0.05) is 12.8 Å². The van der Waals surface area contributed by atoms with E-state index in [2.05, 4.69) is 18.7 Å². The van der Waals surface area contributed by atoms with Gasteiger partial charge in [-0.05, 0) is 44.9 Å². The molecule has 0 atom stereocenters. The third-order valence-corrected chi connectivity index (χ3v) is 4.48. The number of anilines is 1. The molecule has 1 spiro atoms. The summed E-state index contributed by atoms with van der Waals surface area (Å²) in [6.07, 6.45) is 4.45. The number of ether oxygens (including phenoxy) is 1. The van der Waals surface area contributed by atoms with Gasteiger partial charge in [-0.3, -0.25) is 0 Å². The molecule has 1 aliphatic carbocycles. The van der Waals surface area contributed by atoms with Crippen molar-refractivity contribution in [2.45, 2.75) is 50.7 Å². The molecule has 0 amide bonds. The number of benzene rings is 1. The Hall–Kier alpha value is -1.60. The molecule has 0 N–H and O–H groups in total. The van der Waals surface area contributed by atoms with E-state index in [0.717, 1.165) is 19.4 Å². The van der Waals surface area contributed by atoms with Crippen LogP contribution in [0, 0.1) is 17.1 Å². The summed E-state index contributed by atoms with van der Waals surface area (Å²) in [5.74, 6) is -0.320. The lowest BCUT2D eigenvalue weighted by molar-refractivity contribution is -0.148. The number of nitrogens with zero attached hydrogens (tertiary/aromatic N) is 2. The fourth-order valence-corrected chi connectivity index (χ4v) is 3.80. The van der Waals surface area contributed by atoms with Crippen LogP contribution >= 0.6 is 0 Å². The average molecular weight is 288 g/mol. The molecule has 0 aromatic heterocycles. The van der Waals surface area contributed by atoms with Crippen LogP contribution in [0.25, 0.3) is 0 Å². The molecule has 1 aromatic carbocycles. The number of rotatable bonds is 1. The smallest absolute Gasteiger partial charge is 0.147 e. The van der Waals surface area contributed by atoms with Gasteiger partial charge in [-0.15, -0.1) is 0 Å². The molecule has 1 saturated carbocycles. The van der Waals surface area contributed by atoms with Gasteiger partial charge in [-0.25, -0.2) is 4.39 Å². The number of hydrogen-bond donors (Lipinski definition) is 0. The lowest BCUT2D eigenvalue weighted by atomic mass is 9.93. The van der Waals surface area contributed by atoms with Gasteiger partial charge in [0.15, 0.2) is 0 Å². The van der Waals surface area contributed by atoms with Crippen LogP contribution in [0.15, 0.2) is 18.2 Å². The third kappa shape index (κ3) is 2.75. The summed E-state index contributed by atoms with van der Waals surface area (Å²) in [5, 5.41) is 8.86. The molecule has 112 valence electrons. The van der Waals surface area contributed by atoms with Crippen LogP contribution in [0.2, 0.25) is 0 Å². The molecule has 1 saturated heterocycles. The normalized spacial score (nSPS) is 23.2. The molecule has 2 fully saturated rings. The highest BCUT2D eigenvalue weighted by atomic mass is 19.1. The zero-order valence-corrected chi connectivity index (χ0v) is 12.7. The van der Waals surface area contributed by atoms with Gasteiger partial charge in [0.1, 0.15) is 5.82 Å². The largest absolute Gasteiger partial charge is 0.365 e. The SMILES string of the molecule is CC1(C)CN(c2ccc(C#N)cc2F)CC2(CCCC2)O1. The summed E-state index contributed by atoms with van der Waals surface area (Å²) in [6.45, 7) is 5.54. The highest BCUT2D eigenvalue weighted by Gasteiger charge is 2.46. The second-order valence-corrected chi connectivity index (χ2v) is 6.89. The molecule has 21 heavy (non-hydrogen) atoms. The Labute approximate surface area is 125 Å². The van der Waals surface area contributed by atoms with E-state index in [9.17, 15) is 4.39 Å². The lowest BCUT2D eigenvalue weighted by Crippen LogP contribution is -2.59. The fraction of sp³-hybridized carbons (Fsp3) is 0.588. The van der Waals surface area contributed by atoms with E-state index in [1.165, 1.54) is 18.9 Å². The van der Waals surface area contributed by atoms with Gasteiger partial charge in [0.05, 0.1) is 28.5 Å². The molecule has 4 heteroatoms. The van der Waals surface area contributed by atoms with Crippen LogP contribution in [0.5, 0.6) is 0 Å². The van der Waals surface area contributed by atoms with Gasteiger partial charge in [0, 0.05) is 13.1 Å². The Morgan fingerprint density at radius 1 is 1.24 bits per heavy atom. The number of hydrogen-bond acceptors (Lipinski definition) is 3. The first kappa shape index (κ1) is 14.3. The van der Waals surface area contributed by atoms with Gasteiger partial charge in [0.25, 0.3) is 0 Å². The summed E-state index contributed by atoms with van der Waals surface area (Å²) >= 11 is 0. The van der Waals surface area contributed by atoms with Gasteiger partial charge in [0.2, 0.25) is 0 Å². The van der Waals surface area contributed by atoms with E-state index in [1.54, 1.807) is 12.1 Å². The van der Waals surface area contributed by atoms with Crippen molar-refractivity contribution in [2.75, 3.05) is 18.0 Å². The second kappa shape index (κ2) is 4.99. The van der Waals surface area contributed by atoms with Gasteiger partial charge >= 0.3 is 0 Å². The lowest BCUT2D eigenvalue weighted by Gasteiger charge is -2.49. The predicted molar refractivity (Wildman–Crippen MR) is 79.7 cm³/mol. The molecule has 3 rings (SSSR count). The predicted octanol–water partition coefficient (Wildman–Crippen LogP) is 3.63. The van der Waals surface area contributed by atoms with E-state index in [0.29, 0.717) is 17.8 Å². The molecule has 2 aliphatic rings. The number of nitriles is 1. The van der Waals surface area contributed by atoms with Crippen molar-refractivity contribution < 1.29 is 9.13 Å². The minimum atomic E-state index is -0.320. The fourth-order valence-electron chi connectivity index (χ4n) is 3.80. The zero-order valence-electron chi connectivity index (χ0n) is 12.7. The molecule has 1 aliphatic heterocycles. The first-order valence-corrected chi connectivity index (χ1v) is 7.58. The quantitative estimate of drug-likeness (QED) is 0.792. The summed E-state index contributed by atoms with van der Waals surface area (Å²) < 4.78 is 20.7. The summed E-state index contributed by atoms with van der Waals surface area (Å²) in [5.41, 5.74) is 0.515. The van der Waals surface area contributed by atoms with Crippen molar-refractivity contribution in [3.05, 3.63) is 29.6 Å².